The van der Waals surface area contributed by atoms with Crippen molar-refractivity contribution in [3.05, 3.63) is 95.8 Å². The van der Waals surface area contributed by atoms with Gasteiger partial charge in [-0.25, -0.2) is 12.8 Å². The Balaban J connectivity index is 2.07. The summed E-state index contributed by atoms with van der Waals surface area (Å²) in [5, 5.41) is 2.70. The molecule has 2 amide bonds. The SMILES string of the molecule is CC(C)CNC(=O)[C@H](C)N(Cc1ccccc1F)C(=O)CN(c1cccc(C(F)(F)F)c1)S(=O)(=O)c1ccccc1. The van der Waals surface area contributed by atoms with Gasteiger partial charge in [-0.15, -0.1) is 0 Å². The minimum Gasteiger partial charge on any atom is -0.354 e. The van der Waals surface area contributed by atoms with Crippen molar-refractivity contribution in [3.63, 3.8) is 0 Å². The van der Waals surface area contributed by atoms with Gasteiger partial charge in [-0.3, -0.25) is 13.9 Å². The lowest BCUT2D eigenvalue weighted by molar-refractivity contribution is -0.139. The molecule has 7 nitrogen and oxygen atoms in total. The first-order valence-electron chi connectivity index (χ1n) is 12.8. The summed E-state index contributed by atoms with van der Waals surface area (Å²) in [6, 6.07) is 14.9. The van der Waals surface area contributed by atoms with Gasteiger partial charge in [0.05, 0.1) is 16.1 Å². The van der Waals surface area contributed by atoms with Gasteiger partial charge in [0.15, 0.2) is 0 Å². The van der Waals surface area contributed by atoms with E-state index in [0.717, 1.165) is 23.1 Å². The van der Waals surface area contributed by atoms with Crippen molar-refractivity contribution >= 4 is 27.5 Å². The number of hydrogen-bond acceptors (Lipinski definition) is 4. The van der Waals surface area contributed by atoms with E-state index < -0.39 is 57.7 Å². The highest BCUT2D eigenvalue weighted by Crippen LogP contribution is 2.33. The van der Waals surface area contributed by atoms with Gasteiger partial charge < -0.3 is 10.2 Å². The monoisotopic (exact) mass is 593 g/mol. The van der Waals surface area contributed by atoms with Gasteiger partial charge in [-0.05, 0) is 49.2 Å². The molecule has 0 aliphatic rings. The van der Waals surface area contributed by atoms with Crippen LogP contribution in [-0.4, -0.2) is 44.3 Å². The highest BCUT2D eigenvalue weighted by molar-refractivity contribution is 7.92. The van der Waals surface area contributed by atoms with E-state index in [1.54, 1.807) is 12.1 Å². The summed E-state index contributed by atoms with van der Waals surface area (Å²) in [5.41, 5.74) is -1.44. The largest absolute Gasteiger partial charge is 0.416 e. The van der Waals surface area contributed by atoms with Crippen molar-refractivity contribution in [2.45, 2.75) is 44.4 Å². The van der Waals surface area contributed by atoms with Gasteiger partial charge in [0.25, 0.3) is 10.0 Å². The number of nitrogens with zero attached hydrogens (tertiary/aromatic N) is 2. The Morgan fingerprint density at radius 1 is 0.902 bits per heavy atom. The Morgan fingerprint density at radius 2 is 1.54 bits per heavy atom. The highest BCUT2D eigenvalue weighted by Gasteiger charge is 2.35. The summed E-state index contributed by atoms with van der Waals surface area (Å²) in [7, 11) is -4.55. The molecular formula is C29H31F4N3O4S. The smallest absolute Gasteiger partial charge is 0.354 e. The van der Waals surface area contributed by atoms with Crippen molar-refractivity contribution in [2.24, 2.45) is 5.92 Å². The minimum atomic E-state index is -4.78. The minimum absolute atomic E-state index is 0.0703. The summed E-state index contributed by atoms with van der Waals surface area (Å²) in [6.45, 7) is 4.11. The molecule has 0 bridgehead atoms. The van der Waals surface area contributed by atoms with Crippen molar-refractivity contribution in [1.82, 2.24) is 10.2 Å². The van der Waals surface area contributed by atoms with Gasteiger partial charge in [-0.2, -0.15) is 13.2 Å². The van der Waals surface area contributed by atoms with Crippen molar-refractivity contribution < 1.29 is 35.6 Å². The molecule has 3 aromatic carbocycles. The molecule has 0 unspecified atom stereocenters. The molecule has 41 heavy (non-hydrogen) atoms. The lowest BCUT2D eigenvalue weighted by Crippen LogP contribution is -2.51. The van der Waals surface area contributed by atoms with E-state index in [0.29, 0.717) is 16.9 Å². The number of rotatable bonds is 11. The van der Waals surface area contributed by atoms with E-state index in [9.17, 15) is 35.6 Å². The Kier molecular flexibility index (Phi) is 10.1. The topological polar surface area (TPSA) is 86.8 Å². The van der Waals surface area contributed by atoms with Crippen LogP contribution in [0.4, 0.5) is 23.2 Å². The van der Waals surface area contributed by atoms with Crippen molar-refractivity contribution in [1.29, 1.82) is 0 Å². The van der Waals surface area contributed by atoms with E-state index in [4.69, 9.17) is 0 Å². The third-order valence-corrected chi connectivity index (χ3v) is 8.01. The molecule has 0 aliphatic heterocycles. The molecule has 0 saturated heterocycles. The predicted molar refractivity (Wildman–Crippen MR) is 147 cm³/mol. The number of amides is 2. The Labute approximate surface area is 236 Å². The van der Waals surface area contributed by atoms with Gasteiger partial charge in [0, 0.05) is 18.7 Å². The molecule has 1 atom stereocenters. The summed E-state index contributed by atoms with van der Waals surface area (Å²) >= 11 is 0. The second-order valence-corrected chi connectivity index (χ2v) is 11.7. The first-order chi connectivity index (χ1) is 19.2. The molecule has 0 aromatic heterocycles. The zero-order valence-corrected chi connectivity index (χ0v) is 23.5. The first-order valence-corrected chi connectivity index (χ1v) is 14.2. The number of benzene rings is 3. The van der Waals surface area contributed by atoms with E-state index in [-0.39, 0.29) is 22.9 Å². The van der Waals surface area contributed by atoms with E-state index >= 15 is 0 Å². The first kappa shape index (κ1) is 31.6. The van der Waals surface area contributed by atoms with Crippen molar-refractivity contribution in [3.8, 4) is 0 Å². The fourth-order valence-electron chi connectivity index (χ4n) is 3.93. The number of halogens is 4. The predicted octanol–water partition coefficient (Wildman–Crippen LogP) is 5.23. The highest BCUT2D eigenvalue weighted by atomic mass is 32.2. The lowest BCUT2D eigenvalue weighted by atomic mass is 10.1. The van der Waals surface area contributed by atoms with Crippen LogP contribution >= 0.6 is 0 Å². The van der Waals surface area contributed by atoms with Crippen LogP contribution < -0.4 is 9.62 Å². The normalized spacial score (nSPS) is 12.6. The maximum Gasteiger partial charge on any atom is 0.416 e. The molecule has 0 heterocycles. The quantitative estimate of drug-likeness (QED) is 0.309. The summed E-state index contributed by atoms with van der Waals surface area (Å²) in [5.74, 6) is -2.03. The fraction of sp³-hybridized carbons (Fsp3) is 0.310. The average Bonchev–Trinajstić information content (AvgIpc) is 2.93. The molecule has 220 valence electrons. The molecule has 0 radical (unpaired) electrons. The number of anilines is 1. The van der Waals surface area contributed by atoms with Crippen LogP contribution in [0.15, 0.2) is 83.8 Å². The lowest BCUT2D eigenvalue weighted by Gasteiger charge is -2.32. The molecule has 3 rings (SSSR count). The molecule has 0 saturated carbocycles. The molecule has 0 aliphatic carbocycles. The van der Waals surface area contributed by atoms with Crippen LogP contribution in [0, 0.1) is 11.7 Å². The molecule has 0 fully saturated rings. The van der Waals surface area contributed by atoms with Gasteiger partial charge in [-0.1, -0.05) is 56.3 Å². The van der Waals surface area contributed by atoms with Gasteiger partial charge in [0.1, 0.15) is 18.4 Å². The van der Waals surface area contributed by atoms with Crippen LogP contribution in [0.3, 0.4) is 0 Å². The molecule has 0 spiro atoms. The number of alkyl halides is 3. The maximum atomic E-state index is 14.6. The Bertz CT molecular complexity index is 1460. The zero-order chi connectivity index (χ0) is 30.4. The van der Waals surface area contributed by atoms with Crippen LogP contribution in [0.1, 0.15) is 31.9 Å². The number of carbonyl (C=O) groups is 2. The molecule has 1 N–H and O–H groups in total. The van der Waals surface area contributed by atoms with Crippen LogP contribution in [0.5, 0.6) is 0 Å². The third-order valence-electron chi connectivity index (χ3n) is 6.22. The maximum absolute atomic E-state index is 14.6. The summed E-state index contributed by atoms with van der Waals surface area (Å²) < 4.78 is 83.1. The standard InChI is InChI=1S/C29H31F4N3O4S/c1-20(2)17-34-28(38)21(3)35(18-22-10-7-8-15-26(22)30)27(37)19-36(41(39,40)25-13-5-4-6-14-25)24-12-9-11-23(16-24)29(31,32)33/h4-16,20-21H,17-19H2,1-3H3,(H,34,38)/t21-/m0/s1. The third kappa shape index (κ3) is 8.06. The van der Waals surface area contributed by atoms with E-state index in [2.05, 4.69) is 5.32 Å². The van der Waals surface area contributed by atoms with E-state index in [1.807, 2.05) is 13.8 Å². The van der Waals surface area contributed by atoms with Crippen molar-refractivity contribution in [2.75, 3.05) is 17.4 Å². The van der Waals surface area contributed by atoms with E-state index in [1.165, 1.54) is 49.4 Å². The Morgan fingerprint density at radius 3 is 2.15 bits per heavy atom. The summed E-state index contributed by atoms with van der Waals surface area (Å²) in [4.78, 5) is 27.5. The van der Waals surface area contributed by atoms with Crippen LogP contribution in [-0.2, 0) is 32.3 Å². The second kappa shape index (κ2) is 13.2. The number of nitrogens with one attached hydrogen (secondary N) is 1. The zero-order valence-electron chi connectivity index (χ0n) is 22.7. The average molecular weight is 594 g/mol. The summed E-state index contributed by atoms with van der Waals surface area (Å²) in [6.07, 6.45) is -4.78. The number of hydrogen-bond donors (Lipinski definition) is 1. The molecule has 12 heteroatoms. The van der Waals surface area contributed by atoms with Crippen LogP contribution in [0.2, 0.25) is 0 Å². The van der Waals surface area contributed by atoms with Gasteiger partial charge >= 0.3 is 6.18 Å². The van der Waals surface area contributed by atoms with Gasteiger partial charge in [0.2, 0.25) is 11.8 Å². The molecular weight excluding hydrogens is 562 g/mol. The van der Waals surface area contributed by atoms with Crippen LogP contribution in [0.25, 0.3) is 0 Å². The fourth-order valence-corrected chi connectivity index (χ4v) is 5.36. The second-order valence-electron chi connectivity index (χ2n) is 9.80. The number of sulfonamides is 1. The molecule has 3 aromatic rings. The number of carbonyl (C=O) groups excluding carboxylic acids is 2. The Hall–Kier alpha value is -3.93.